The second kappa shape index (κ2) is 2.30. The van der Waals surface area contributed by atoms with Crippen LogP contribution in [-0.4, -0.2) is 24.0 Å². The first-order valence-electron chi connectivity index (χ1n) is 3.90. The van der Waals surface area contributed by atoms with Crippen molar-refractivity contribution in [1.82, 2.24) is 4.90 Å². The fourth-order valence-corrected chi connectivity index (χ4v) is 1.17. The Morgan fingerprint density at radius 1 is 1.44 bits per heavy atom. The zero-order valence-corrected chi connectivity index (χ0v) is 6.78. The van der Waals surface area contributed by atoms with Gasteiger partial charge < -0.3 is 4.90 Å². The summed E-state index contributed by atoms with van der Waals surface area (Å²) in [7, 11) is 2.23. The molecule has 0 radical (unpaired) electrons. The monoisotopic (exact) mass is 127 g/mol. The summed E-state index contributed by atoms with van der Waals surface area (Å²) < 4.78 is 0. The van der Waals surface area contributed by atoms with E-state index in [-0.39, 0.29) is 0 Å². The summed E-state index contributed by atoms with van der Waals surface area (Å²) >= 11 is 0. The van der Waals surface area contributed by atoms with Crippen molar-refractivity contribution in [2.45, 2.75) is 38.6 Å². The second-order valence-electron chi connectivity index (χ2n) is 3.42. The van der Waals surface area contributed by atoms with Crippen molar-refractivity contribution in [3.63, 3.8) is 0 Å². The van der Waals surface area contributed by atoms with E-state index in [4.69, 9.17) is 0 Å². The molecule has 0 amide bonds. The van der Waals surface area contributed by atoms with Gasteiger partial charge in [-0.2, -0.15) is 0 Å². The Balaban J connectivity index is 2.24. The molecule has 1 rings (SSSR count). The number of hydrogen-bond acceptors (Lipinski definition) is 1. The molecule has 0 bridgehead atoms. The maximum absolute atomic E-state index is 2.48. The Hall–Kier alpha value is -0.0400. The van der Waals surface area contributed by atoms with Crippen molar-refractivity contribution in [2.75, 3.05) is 13.6 Å². The number of hydrogen-bond donors (Lipinski definition) is 0. The zero-order chi connectivity index (χ0) is 6.91. The highest BCUT2D eigenvalue weighted by Gasteiger charge is 2.40. The molecule has 1 nitrogen and oxygen atoms in total. The van der Waals surface area contributed by atoms with Crippen LogP contribution in [0.1, 0.15) is 33.1 Å². The first-order chi connectivity index (χ1) is 4.19. The minimum absolute atomic E-state index is 0.593. The standard InChI is InChI=1S/C8H17N/c1-4-7-9(3)8(2)5-6-8/h4-7H2,1-3H3. The molecule has 0 aromatic carbocycles. The van der Waals surface area contributed by atoms with Gasteiger partial charge in [-0.25, -0.2) is 0 Å². The van der Waals surface area contributed by atoms with Gasteiger partial charge in [0.1, 0.15) is 0 Å². The first-order valence-corrected chi connectivity index (χ1v) is 3.90. The molecule has 1 heteroatoms. The smallest absolute Gasteiger partial charge is 0.0179 e. The quantitative estimate of drug-likeness (QED) is 0.559. The molecular weight excluding hydrogens is 110 g/mol. The molecule has 0 N–H and O–H groups in total. The van der Waals surface area contributed by atoms with E-state index in [0.717, 1.165) is 0 Å². The molecule has 0 atom stereocenters. The summed E-state index contributed by atoms with van der Waals surface area (Å²) in [5.41, 5.74) is 0.593. The van der Waals surface area contributed by atoms with Crippen LogP contribution in [0.15, 0.2) is 0 Å². The third-order valence-corrected chi connectivity index (χ3v) is 2.45. The van der Waals surface area contributed by atoms with E-state index in [1.807, 2.05) is 0 Å². The molecule has 0 aliphatic heterocycles. The lowest BCUT2D eigenvalue weighted by Gasteiger charge is -2.22. The summed E-state index contributed by atoms with van der Waals surface area (Å²) in [6.07, 6.45) is 4.10. The molecule has 1 fully saturated rings. The van der Waals surface area contributed by atoms with E-state index >= 15 is 0 Å². The summed E-state index contributed by atoms with van der Waals surface area (Å²) in [6, 6.07) is 0. The van der Waals surface area contributed by atoms with Crippen LogP contribution in [0, 0.1) is 0 Å². The van der Waals surface area contributed by atoms with E-state index in [9.17, 15) is 0 Å². The van der Waals surface area contributed by atoms with Crippen LogP contribution in [0.25, 0.3) is 0 Å². The topological polar surface area (TPSA) is 3.24 Å². The average molecular weight is 127 g/mol. The lowest BCUT2D eigenvalue weighted by molar-refractivity contribution is 0.239. The van der Waals surface area contributed by atoms with E-state index in [1.165, 1.54) is 25.8 Å². The molecule has 1 saturated carbocycles. The molecule has 1 aliphatic carbocycles. The van der Waals surface area contributed by atoms with Crippen LogP contribution in [0.5, 0.6) is 0 Å². The molecule has 0 unspecified atom stereocenters. The van der Waals surface area contributed by atoms with Crippen molar-refractivity contribution in [1.29, 1.82) is 0 Å². The molecule has 1 aliphatic rings. The highest BCUT2D eigenvalue weighted by Crippen LogP contribution is 2.39. The van der Waals surface area contributed by atoms with E-state index < -0.39 is 0 Å². The van der Waals surface area contributed by atoms with Crippen molar-refractivity contribution in [3.8, 4) is 0 Å². The van der Waals surface area contributed by atoms with Crippen molar-refractivity contribution in [3.05, 3.63) is 0 Å². The van der Waals surface area contributed by atoms with Crippen LogP contribution >= 0.6 is 0 Å². The van der Waals surface area contributed by atoms with Gasteiger partial charge in [0.2, 0.25) is 0 Å². The van der Waals surface area contributed by atoms with E-state index in [2.05, 4.69) is 25.8 Å². The lowest BCUT2D eigenvalue weighted by Crippen LogP contribution is -2.31. The van der Waals surface area contributed by atoms with Gasteiger partial charge >= 0.3 is 0 Å². The molecule has 0 aromatic rings. The Morgan fingerprint density at radius 2 is 2.00 bits per heavy atom. The zero-order valence-electron chi connectivity index (χ0n) is 6.78. The van der Waals surface area contributed by atoms with Crippen LogP contribution in [-0.2, 0) is 0 Å². The van der Waals surface area contributed by atoms with Crippen molar-refractivity contribution in [2.24, 2.45) is 0 Å². The highest BCUT2D eigenvalue weighted by molar-refractivity contribution is 4.97. The molecule has 0 spiro atoms. The minimum Gasteiger partial charge on any atom is -0.301 e. The Labute approximate surface area is 58.0 Å². The Bertz CT molecular complexity index is 94.7. The van der Waals surface area contributed by atoms with E-state index in [0.29, 0.717) is 5.54 Å². The fourth-order valence-electron chi connectivity index (χ4n) is 1.17. The van der Waals surface area contributed by atoms with Gasteiger partial charge in [-0.3, -0.25) is 0 Å². The second-order valence-corrected chi connectivity index (χ2v) is 3.42. The first kappa shape index (κ1) is 7.07. The predicted molar refractivity (Wildman–Crippen MR) is 40.6 cm³/mol. The average Bonchev–Trinajstić information content (AvgIpc) is 2.50. The third kappa shape index (κ3) is 1.45. The number of rotatable bonds is 3. The maximum Gasteiger partial charge on any atom is 0.0179 e. The number of nitrogens with zero attached hydrogens (tertiary/aromatic N) is 1. The lowest BCUT2D eigenvalue weighted by atomic mass is 10.2. The van der Waals surface area contributed by atoms with Gasteiger partial charge in [-0.1, -0.05) is 6.92 Å². The van der Waals surface area contributed by atoms with Crippen molar-refractivity contribution < 1.29 is 0 Å². The van der Waals surface area contributed by atoms with Crippen LogP contribution in [0.2, 0.25) is 0 Å². The Morgan fingerprint density at radius 3 is 2.33 bits per heavy atom. The Kier molecular flexibility index (Phi) is 1.80. The highest BCUT2D eigenvalue weighted by atomic mass is 15.2. The summed E-state index contributed by atoms with van der Waals surface area (Å²) in [5.74, 6) is 0. The predicted octanol–water partition coefficient (Wildman–Crippen LogP) is 1.88. The molecule has 0 aromatic heterocycles. The molecule has 0 saturated heterocycles. The maximum atomic E-state index is 2.48. The molecule has 9 heavy (non-hydrogen) atoms. The van der Waals surface area contributed by atoms with Crippen LogP contribution < -0.4 is 0 Å². The van der Waals surface area contributed by atoms with Gasteiger partial charge in [-0.15, -0.1) is 0 Å². The van der Waals surface area contributed by atoms with Gasteiger partial charge in [0.05, 0.1) is 0 Å². The minimum atomic E-state index is 0.593. The fraction of sp³-hybridized carbons (Fsp3) is 1.00. The van der Waals surface area contributed by atoms with Crippen molar-refractivity contribution >= 4 is 0 Å². The molecular formula is C8H17N. The molecule has 0 heterocycles. The summed E-state index contributed by atoms with van der Waals surface area (Å²) in [6.45, 7) is 5.85. The largest absolute Gasteiger partial charge is 0.301 e. The van der Waals surface area contributed by atoms with Gasteiger partial charge in [-0.05, 0) is 39.8 Å². The van der Waals surface area contributed by atoms with Crippen LogP contribution in [0.4, 0.5) is 0 Å². The normalized spacial score (nSPS) is 22.7. The SMILES string of the molecule is CCCN(C)C1(C)CC1. The third-order valence-electron chi connectivity index (χ3n) is 2.45. The summed E-state index contributed by atoms with van der Waals surface area (Å²) in [4.78, 5) is 2.48. The van der Waals surface area contributed by atoms with Gasteiger partial charge in [0.25, 0.3) is 0 Å². The molecule has 54 valence electrons. The van der Waals surface area contributed by atoms with Gasteiger partial charge in [0.15, 0.2) is 0 Å². The van der Waals surface area contributed by atoms with E-state index in [1.54, 1.807) is 0 Å². The van der Waals surface area contributed by atoms with Gasteiger partial charge in [0, 0.05) is 5.54 Å². The summed E-state index contributed by atoms with van der Waals surface area (Å²) in [5, 5.41) is 0. The van der Waals surface area contributed by atoms with Crippen LogP contribution in [0.3, 0.4) is 0 Å².